The maximum atomic E-state index is 11.4. The minimum atomic E-state index is -0.210. The lowest BCUT2D eigenvalue weighted by Crippen LogP contribution is -2.35. The maximum Gasteiger partial charge on any atom is 0.224 e. The molecule has 1 aromatic rings. The summed E-state index contributed by atoms with van der Waals surface area (Å²) in [5, 5.41) is 11.4. The summed E-state index contributed by atoms with van der Waals surface area (Å²) in [4.78, 5) is 11.4. The third-order valence-electron chi connectivity index (χ3n) is 2.00. The van der Waals surface area contributed by atoms with Gasteiger partial charge in [0.15, 0.2) is 0 Å². The van der Waals surface area contributed by atoms with E-state index in [-0.39, 0.29) is 25.0 Å². The van der Waals surface area contributed by atoms with E-state index in [2.05, 4.69) is 5.32 Å². The third-order valence-corrected chi connectivity index (χ3v) is 2.00. The van der Waals surface area contributed by atoms with Crippen molar-refractivity contribution in [3.05, 3.63) is 29.8 Å². The average molecular weight is 208 g/mol. The Labute approximate surface area is 89.1 Å². The van der Waals surface area contributed by atoms with Crippen molar-refractivity contribution in [2.24, 2.45) is 0 Å². The molecule has 0 heterocycles. The van der Waals surface area contributed by atoms with Crippen LogP contribution in [0.3, 0.4) is 0 Å². The van der Waals surface area contributed by atoms with Crippen LogP contribution in [0.15, 0.2) is 24.3 Å². The highest BCUT2D eigenvalue weighted by atomic mass is 16.3. The quantitative estimate of drug-likeness (QED) is 0.623. The fourth-order valence-corrected chi connectivity index (χ4v) is 1.26. The van der Waals surface area contributed by atoms with E-state index in [4.69, 9.17) is 10.8 Å². The van der Waals surface area contributed by atoms with E-state index >= 15 is 0 Å². The first kappa shape index (κ1) is 11.5. The second kappa shape index (κ2) is 5.36. The van der Waals surface area contributed by atoms with Crippen LogP contribution < -0.4 is 11.1 Å². The number of hydrogen-bond acceptors (Lipinski definition) is 3. The van der Waals surface area contributed by atoms with Crippen molar-refractivity contribution >= 4 is 11.6 Å². The fraction of sp³-hybridized carbons (Fsp3) is 0.364. The molecule has 1 aromatic carbocycles. The van der Waals surface area contributed by atoms with E-state index < -0.39 is 0 Å². The molecule has 1 atom stereocenters. The van der Waals surface area contributed by atoms with Gasteiger partial charge >= 0.3 is 0 Å². The molecule has 0 fully saturated rings. The summed E-state index contributed by atoms with van der Waals surface area (Å²) in [6.07, 6.45) is 0.287. The van der Waals surface area contributed by atoms with Gasteiger partial charge in [0.05, 0.1) is 13.0 Å². The van der Waals surface area contributed by atoms with E-state index in [1.54, 1.807) is 19.1 Å². The van der Waals surface area contributed by atoms with Gasteiger partial charge in [-0.3, -0.25) is 4.79 Å². The summed E-state index contributed by atoms with van der Waals surface area (Å²) in [5.41, 5.74) is 7.11. The van der Waals surface area contributed by atoms with Crippen LogP contribution in [-0.4, -0.2) is 23.7 Å². The molecule has 0 saturated heterocycles. The number of nitrogen functional groups attached to an aromatic ring is 1. The molecule has 1 amide bonds. The Hall–Kier alpha value is -1.55. The molecule has 0 aromatic heterocycles. The van der Waals surface area contributed by atoms with Crippen molar-refractivity contribution in [3.63, 3.8) is 0 Å². The third kappa shape index (κ3) is 3.99. The highest BCUT2D eigenvalue weighted by Gasteiger charge is 2.06. The van der Waals surface area contributed by atoms with Gasteiger partial charge in [-0.1, -0.05) is 12.1 Å². The Bertz CT molecular complexity index is 339. The summed E-state index contributed by atoms with van der Waals surface area (Å²) in [7, 11) is 0. The van der Waals surface area contributed by atoms with E-state index in [0.29, 0.717) is 5.69 Å². The van der Waals surface area contributed by atoms with Gasteiger partial charge in [-0.2, -0.15) is 0 Å². The highest BCUT2D eigenvalue weighted by Crippen LogP contribution is 2.06. The Morgan fingerprint density at radius 1 is 1.60 bits per heavy atom. The zero-order valence-corrected chi connectivity index (χ0v) is 8.73. The first-order valence-electron chi connectivity index (χ1n) is 4.86. The minimum absolute atomic E-state index is 0.0529. The number of nitrogens with two attached hydrogens (primary N) is 1. The number of carbonyl (C=O) groups is 1. The van der Waals surface area contributed by atoms with Gasteiger partial charge in [-0.25, -0.2) is 0 Å². The van der Waals surface area contributed by atoms with Gasteiger partial charge in [-0.15, -0.1) is 0 Å². The van der Waals surface area contributed by atoms with Gasteiger partial charge in [0.2, 0.25) is 5.91 Å². The van der Waals surface area contributed by atoms with E-state index in [1.807, 2.05) is 12.1 Å². The number of nitrogens with one attached hydrogen (secondary N) is 1. The number of aliphatic hydroxyl groups is 1. The minimum Gasteiger partial charge on any atom is -0.399 e. The molecular weight excluding hydrogens is 192 g/mol. The summed E-state index contributed by atoms with van der Waals surface area (Å²) < 4.78 is 0. The van der Waals surface area contributed by atoms with Crippen LogP contribution in [0.25, 0.3) is 0 Å². The fourth-order valence-electron chi connectivity index (χ4n) is 1.26. The lowest BCUT2D eigenvalue weighted by molar-refractivity contribution is -0.121. The monoisotopic (exact) mass is 208 g/mol. The Morgan fingerprint density at radius 3 is 2.93 bits per heavy atom. The molecule has 0 aliphatic carbocycles. The molecule has 15 heavy (non-hydrogen) atoms. The molecule has 0 radical (unpaired) electrons. The molecule has 0 aliphatic rings. The molecule has 0 unspecified atom stereocenters. The van der Waals surface area contributed by atoms with Crippen molar-refractivity contribution in [2.45, 2.75) is 19.4 Å². The largest absolute Gasteiger partial charge is 0.399 e. The van der Waals surface area contributed by atoms with Crippen LogP contribution in [0.5, 0.6) is 0 Å². The topological polar surface area (TPSA) is 75.3 Å². The smallest absolute Gasteiger partial charge is 0.224 e. The molecule has 1 rings (SSSR count). The van der Waals surface area contributed by atoms with Gasteiger partial charge in [0.25, 0.3) is 0 Å². The van der Waals surface area contributed by atoms with E-state index in [9.17, 15) is 4.79 Å². The molecule has 4 N–H and O–H groups in total. The lowest BCUT2D eigenvalue weighted by atomic mass is 10.1. The Kier molecular flexibility index (Phi) is 4.12. The van der Waals surface area contributed by atoms with Crippen molar-refractivity contribution in [1.82, 2.24) is 5.32 Å². The zero-order valence-electron chi connectivity index (χ0n) is 8.73. The number of benzene rings is 1. The van der Waals surface area contributed by atoms with Crippen molar-refractivity contribution in [2.75, 3.05) is 12.3 Å². The van der Waals surface area contributed by atoms with Crippen LogP contribution in [0.1, 0.15) is 12.5 Å². The first-order chi connectivity index (χ1) is 7.11. The van der Waals surface area contributed by atoms with Crippen molar-refractivity contribution in [1.29, 1.82) is 0 Å². The predicted molar refractivity (Wildman–Crippen MR) is 59.2 cm³/mol. The normalized spacial score (nSPS) is 12.1. The molecule has 0 saturated carbocycles. The van der Waals surface area contributed by atoms with E-state index in [0.717, 1.165) is 5.56 Å². The summed E-state index contributed by atoms with van der Waals surface area (Å²) in [6, 6.07) is 6.99. The van der Waals surface area contributed by atoms with Crippen LogP contribution in [-0.2, 0) is 11.2 Å². The SMILES string of the molecule is C[C@@H](CO)NC(=O)Cc1cccc(N)c1. The second-order valence-corrected chi connectivity index (χ2v) is 3.57. The lowest BCUT2D eigenvalue weighted by Gasteiger charge is -2.10. The molecular formula is C11H16N2O2. The molecule has 0 bridgehead atoms. The van der Waals surface area contributed by atoms with E-state index in [1.165, 1.54) is 0 Å². The molecule has 0 spiro atoms. The zero-order chi connectivity index (χ0) is 11.3. The Morgan fingerprint density at radius 2 is 2.33 bits per heavy atom. The number of aliphatic hydroxyl groups excluding tert-OH is 1. The summed E-state index contributed by atoms with van der Waals surface area (Å²) >= 11 is 0. The van der Waals surface area contributed by atoms with Crippen molar-refractivity contribution < 1.29 is 9.90 Å². The van der Waals surface area contributed by atoms with Crippen LogP contribution in [0.4, 0.5) is 5.69 Å². The molecule has 0 aliphatic heterocycles. The van der Waals surface area contributed by atoms with Crippen molar-refractivity contribution in [3.8, 4) is 0 Å². The molecule has 82 valence electrons. The van der Waals surface area contributed by atoms with Crippen LogP contribution in [0.2, 0.25) is 0 Å². The Balaban J connectivity index is 2.51. The molecule has 4 heteroatoms. The number of anilines is 1. The number of hydrogen-bond donors (Lipinski definition) is 3. The van der Waals surface area contributed by atoms with Gasteiger partial charge < -0.3 is 16.2 Å². The maximum absolute atomic E-state index is 11.4. The van der Waals surface area contributed by atoms with Gasteiger partial charge in [0.1, 0.15) is 0 Å². The molecule has 4 nitrogen and oxygen atoms in total. The van der Waals surface area contributed by atoms with Crippen LogP contribution in [0, 0.1) is 0 Å². The standard InChI is InChI=1S/C11H16N2O2/c1-8(7-14)13-11(15)6-9-3-2-4-10(12)5-9/h2-5,8,14H,6-7,12H2,1H3,(H,13,15)/t8-/m0/s1. The summed E-state index contributed by atoms with van der Waals surface area (Å²) in [6.45, 7) is 1.69. The highest BCUT2D eigenvalue weighted by molar-refractivity contribution is 5.79. The van der Waals surface area contributed by atoms with Gasteiger partial charge in [-0.05, 0) is 24.6 Å². The number of carbonyl (C=O) groups excluding carboxylic acids is 1. The summed E-state index contributed by atoms with van der Waals surface area (Å²) in [5.74, 6) is -0.109. The average Bonchev–Trinajstić information content (AvgIpc) is 2.17. The predicted octanol–water partition coefficient (Wildman–Crippen LogP) is 0.308. The van der Waals surface area contributed by atoms with Crippen LogP contribution >= 0.6 is 0 Å². The number of rotatable bonds is 4. The number of amides is 1. The second-order valence-electron chi connectivity index (χ2n) is 3.57. The first-order valence-corrected chi connectivity index (χ1v) is 4.86. The van der Waals surface area contributed by atoms with Gasteiger partial charge in [0, 0.05) is 11.7 Å².